The molecule has 2 unspecified atom stereocenters. The van der Waals surface area contributed by atoms with E-state index < -0.39 is 10.9 Å². The molecule has 7 heteroatoms. The lowest BCUT2D eigenvalue weighted by Gasteiger charge is -2.13. The number of rotatable bonds is 4. The van der Waals surface area contributed by atoms with E-state index in [-0.39, 0.29) is 17.6 Å². The maximum atomic E-state index is 10.9. The summed E-state index contributed by atoms with van der Waals surface area (Å²) in [6.45, 7) is 1.58. The van der Waals surface area contributed by atoms with Crippen molar-refractivity contribution < 1.29 is 14.8 Å². The summed E-state index contributed by atoms with van der Waals surface area (Å²) < 4.78 is 0. The Morgan fingerprint density at radius 2 is 2.26 bits per heavy atom. The SMILES string of the molecule is Cc1nc(NC2CCC(C(=O)O)C2)ccc1[N+](=O)[O-]. The molecule has 102 valence electrons. The van der Waals surface area contributed by atoms with Crippen LogP contribution in [0.25, 0.3) is 0 Å². The number of aliphatic carboxylic acids is 1. The normalized spacial score (nSPS) is 22.2. The van der Waals surface area contributed by atoms with Gasteiger partial charge in [-0.1, -0.05) is 0 Å². The minimum absolute atomic E-state index is 0.0135. The maximum absolute atomic E-state index is 10.9. The van der Waals surface area contributed by atoms with E-state index in [0.29, 0.717) is 24.4 Å². The zero-order chi connectivity index (χ0) is 14.0. The third-order valence-electron chi connectivity index (χ3n) is 3.39. The Hall–Kier alpha value is -2.18. The van der Waals surface area contributed by atoms with E-state index in [9.17, 15) is 14.9 Å². The zero-order valence-corrected chi connectivity index (χ0v) is 10.5. The monoisotopic (exact) mass is 265 g/mol. The summed E-state index contributed by atoms with van der Waals surface area (Å²) >= 11 is 0. The van der Waals surface area contributed by atoms with Crippen molar-refractivity contribution in [3.63, 3.8) is 0 Å². The van der Waals surface area contributed by atoms with Crippen LogP contribution in [0.3, 0.4) is 0 Å². The number of carbonyl (C=O) groups is 1. The third-order valence-corrected chi connectivity index (χ3v) is 3.39. The molecule has 1 aliphatic rings. The summed E-state index contributed by atoms with van der Waals surface area (Å²) in [6.07, 6.45) is 1.99. The van der Waals surface area contributed by atoms with Crippen LogP contribution in [-0.2, 0) is 4.79 Å². The molecule has 1 heterocycles. The van der Waals surface area contributed by atoms with Gasteiger partial charge in [0, 0.05) is 12.1 Å². The van der Waals surface area contributed by atoms with Crippen LogP contribution in [0.5, 0.6) is 0 Å². The molecule has 1 aromatic heterocycles. The van der Waals surface area contributed by atoms with Crippen molar-refractivity contribution in [3.8, 4) is 0 Å². The van der Waals surface area contributed by atoms with E-state index >= 15 is 0 Å². The Morgan fingerprint density at radius 1 is 1.53 bits per heavy atom. The molecule has 7 nitrogen and oxygen atoms in total. The highest BCUT2D eigenvalue weighted by molar-refractivity contribution is 5.70. The van der Waals surface area contributed by atoms with E-state index in [0.717, 1.165) is 6.42 Å². The number of carboxylic acids is 1. The first kappa shape index (κ1) is 13.3. The molecule has 0 aliphatic heterocycles. The first-order valence-corrected chi connectivity index (χ1v) is 6.08. The molecule has 0 radical (unpaired) electrons. The molecular weight excluding hydrogens is 250 g/mol. The van der Waals surface area contributed by atoms with Gasteiger partial charge >= 0.3 is 5.97 Å². The second kappa shape index (κ2) is 5.21. The number of carboxylic acid groups (broad SMARTS) is 1. The van der Waals surface area contributed by atoms with Gasteiger partial charge in [-0.15, -0.1) is 0 Å². The molecule has 0 bridgehead atoms. The Morgan fingerprint density at radius 3 is 2.79 bits per heavy atom. The number of nitrogens with one attached hydrogen (secondary N) is 1. The number of nitro groups is 1. The quantitative estimate of drug-likeness (QED) is 0.636. The second-order valence-corrected chi connectivity index (χ2v) is 4.75. The van der Waals surface area contributed by atoms with Gasteiger partial charge in [0.2, 0.25) is 0 Å². The van der Waals surface area contributed by atoms with Gasteiger partial charge in [0.25, 0.3) is 5.69 Å². The highest BCUT2D eigenvalue weighted by Crippen LogP contribution is 2.28. The Balaban J connectivity index is 2.03. The Labute approximate surface area is 109 Å². The Bertz CT molecular complexity index is 518. The van der Waals surface area contributed by atoms with Gasteiger partial charge in [-0.05, 0) is 32.3 Å². The van der Waals surface area contributed by atoms with Crippen LogP contribution in [0.2, 0.25) is 0 Å². The molecule has 1 saturated carbocycles. The highest BCUT2D eigenvalue weighted by atomic mass is 16.6. The van der Waals surface area contributed by atoms with Gasteiger partial charge in [0.15, 0.2) is 0 Å². The molecule has 19 heavy (non-hydrogen) atoms. The molecule has 1 aliphatic carbocycles. The average molecular weight is 265 g/mol. The summed E-state index contributed by atoms with van der Waals surface area (Å²) in [4.78, 5) is 25.2. The molecule has 0 spiro atoms. The van der Waals surface area contributed by atoms with Crippen LogP contribution in [0, 0.1) is 23.0 Å². The molecule has 2 N–H and O–H groups in total. The lowest BCUT2D eigenvalue weighted by atomic mass is 10.1. The van der Waals surface area contributed by atoms with Gasteiger partial charge in [0.05, 0.1) is 10.8 Å². The number of pyridine rings is 1. The summed E-state index contributed by atoms with van der Waals surface area (Å²) in [5, 5.41) is 22.7. The lowest BCUT2D eigenvalue weighted by Crippen LogP contribution is -2.18. The number of hydrogen-bond donors (Lipinski definition) is 2. The van der Waals surface area contributed by atoms with Gasteiger partial charge < -0.3 is 10.4 Å². The largest absolute Gasteiger partial charge is 0.481 e. The van der Waals surface area contributed by atoms with Crippen LogP contribution in [0.15, 0.2) is 12.1 Å². The predicted octanol–water partition coefficient (Wildman–Crippen LogP) is 1.96. The number of hydrogen-bond acceptors (Lipinski definition) is 5. The van der Waals surface area contributed by atoms with Crippen LogP contribution < -0.4 is 5.32 Å². The fourth-order valence-corrected chi connectivity index (χ4v) is 2.37. The van der Waals surface area contributed by atoms with Crippen LogP contribution in [0.1, 0.15) is 25.0 Å². The number of aromatic nitrogens is 1. The van der Waals surface area contributed by atoms with Crippen molar-refractivity contribution in [1.82, 2.24) is 4.98 Å². The molecular formula is C12H15N3O4. The van der Waals surface area contributed by atoms with E-state index in [1.54, 1.807) is 13.0 Å². The summed E-state index contributed by atoms with van der Waals surface area (Å²) in [7, 11) is 0. The minimum Gasteiger partial charge on any atom is -0.481 e. The first-order chi connectivity index (χ1) is 8.97. The lowest BCUT2D eigenvalue weighted by molar-refractivity contribution is -0.385. The first-order valence-electron chi connectivity index (χ1n) is 6.08. The van der Waals surface area contributed by atoms with E-state index in [2.05, 4.69) is 10.3 Å². The molecule has 0 saturated heterocycles. The number of nitrogens with zero attached hydrogens (tertiary/aromatic N) is 2. The summed E-state index contributed by atoms with van der Waals surface area (Å²) in [5.41, 5.74) is 0.336. The minimum atomic E-state index is -0.767. The Kier molecular flexibility index (Phi) is 3.64. The molecule has 0 amide bonds. The van der Waals surface area contributed by atoms with Crippen LogP contribution in [-0.4, -0.2) is 27.0 Å². The van der Waals surface area contributed by atoms with E-state index in [4.69, 9.17) is 5.11 Å². The van der Waals surface area contributed by atoms with Crippen molar-refractivity contribution in [2.45, 2.75) is 32.2 Å². The van der Waals surface area contributed by atoms with E-state index in [1.807, 2.05) is 0 Å². The predicted molar refractivity (Wildman–Crippen MR) is 68.0 cm³/mol. The zero-order valence-electron chi connectivity index (χ0n) is 10.5. The molecule has 1 aromatic rings. The molecule has 2 atom stereocenters. The van der Waals surface area contributed by atoms with Gasteiger partial charge in [-0.2, -0.15) is 0 Å². The fourth-order valence-electron chi connectivity index (χ4n) is 2.37. The highest BCUT2D eigenvalue weighted by Gasteiger charge is 2.29. The van der Waals surface area contributed by atoms with Crippen molar-refractivity contribution >= 4 is 17.5 Å². The van der Waals surface area contributed by atoms with Crippen molar-refractivity contribution in [1.29, 1.82) is 0 Å². The topological polar surface area (TPSA) is 105 Å². The maximum Gasteiger partial charge on any atom is 0.306 e. The van der Waals surface area contributed by atoms with E-state index in [1.165, 1.54) is 6.07 Å². The smallest absolute Gasteiger partial charge is 0.306 e. The van der Waals surface area contributed by atoms with Gasteiger partial charge in [-0.25, -0.2) is 4.98 Å². The number of anilines is 1. The molecule has 0 aromatic carbocycles. The molecule has 1 fully saturated rings. The van der Waals surface area contributed by atoms with Crippen LogP contribution in [0.4, 0.5) is 11.5 Å². The van der Waals surface area contributed by atoms with Crippen molar-refractivity contribution in [2.24, 2.45) is 5.92 Å². The third kappa shape index (κ3) is 2.98. The summed E-state index contributed by atoms with van der Waals surface area (Å²) in [6, 6.07) is 3.03. The number of aryl methyl sites for hydroxylation is 1. The second-order valence-electron chi connectivity index (χ2n) is 4.75. The average Bonchev–Trinajstić information content (AvgIpc) is 2.77. The van der Waals surface area contributed by atoms with Crippen molar-refractivity contribution in [2.75, 3.05) is 5.32 Å². The van der Waals surface area contributed by atoms with Gasteiger partial charge in [0.1, 0.15) is 11.5 Å². The summed E-state index contributed by atoms with van der Waals surface area (Å²) in [5.74, 6) is -0.520. The standard InChI is InChI=1S/C12H15N3O4/c1-7-10(15(18)19)4-5-11(13-7)14-9-3-2-8(6-9)12(16)17/h4-5,8-9H,2-3,6H2,1H3,(H,13,14)(H,16,17). The van der Waals surface area contributed by atoms with Crippen LogP contribution >= 0.6 is 0 Å². The van der Waals surface area contributed by atoms with Gasteiger partial charge in [-0.3, -0.25) is 14.9 Å². The van der Waals surface area contributed by atoms with Crippen molar-refractivity contribution in [3.05, 3.63) is 27.9 Å². The fraction of sp³-hybridized carbons (Fsp3) is 0.500. The molecule has 2 rings (SSSR count).